The molecule has 1 fully saturated rings. The lowest BCUT2D eigenvalue weighted by atomic mass is 9.99. The van der Waals surface area contributed by atoms with Gasteiger partial charge in [0.05, 0.1) is 17.3 Å². The minimum absolute atomic E-state index is 0.279. The molecule has 5 rings (SSSR count). The second-order valence-corrected chi connectivity index (χ2v) is 8.39. The lowest BCUT2D eigenvalue weighted by Gasteiger charge is -2.27. The summed E-state index contributed by atoms with van der Waals surface area (Å²) in [5.74, 6) is 0.762. The molecule has 0 radical (unpaired) electrons. The fourth-order valence-corrected chi connectivity index (χ4v) is 4.48. The van der Waals surface area contributed by atoms with Gasteiger partial charge in [0, 0.05) is 44.0 Å². The number of anilines is 1. The van der Waals surface area contributed by atoms with Gasteiger partial charge in [-0.15, -0.1) is 0 Å². The highest BCUT2D eigenvalue weighted by molar-refractivity contribution is 5.78. The molecule has 0 bridgehead atoms. The van der Waals surface area contributed by atoms with Crippen LogP contribution in [0.5, 0.6) is 0 Å². The number of benzene rings is 2. The first-order valence-electron chi connectivity index (χ1n) is 10.9. The molecular formula is C26H27N5. The number of fused-ring (bicyclic) bond motifs is 1. The molecule has 3 heterocycles. The zero-order chi connectivity index (χ0) is 21.2. The van der Waals surface area contributed by atoms with Gasteiger partial charge in [0.25, 0.3) is 0 Å². The first-order chi connectivity index (χ1) is 15.2. The van der Waals surface area contributed by atoms with Crippen molar-refractivity contribution >= 4 is 16.9 Å². The average Bonchev–Trinajstić information content (AvgIpc) is 3.27. The third-order valence-electron chi connectivity index (χ3n) is 6.02. The standard InChI is InChI=1S/C26H27N5/c1-30(2)26-28-17-22(20-8-4-3-5-9-20)25(29-26)24-11-7-15-31(24)18-19-12-13-23-21(16-19)10-6-14-27-23/h3-6,8-10,12-14,16-17,24H,7,11,15,18H2,1-2H3/t24-/m1/s1. The summed E-state index contributed by atoms with van der Waals surface area (Å²) in [6, 6.07) is 21.5. The van der Waals surface area contributed by atoms with E-state index in [0.717, 1.165) is 42.2 Å². The van der Waals surface area contributed by atoms with E-state index in [-0.39, 0.29) is 6.04 Å². The van der Waals surface area contributed by atoms with Gasteiger partial charge in [0.15, 0.2) is 0 Å². The molecule has 1 aliphatic rings. The lowest BCUT2D eigenvalue weighted by molar-refractivity contribution is 0.245. The van der Waals surface area contributed by atoms with Crippen LogP contribution in [0.15, 0.2) is 73.1 Å². The van der Waals surface area contributed by atoms with Crippen molar-refractivity contribution in [2.45, 2.75) is 25.4 Å². The zero-order valence-electron chi connectivity index (χ0n) is 18.1. The van der Waals surface area contributed by atoms with Crippen LogP contribution in [-0.2, 0) is 6.54 Å². The van der Waals surface area contributed by atoms with Crippen molar-refractivity contribution in [3.8, 4) is 11.1 Å². The summed E-state index contributed by atoms with van der Waals surface area (Å²) in [5.41, 5.74) is 5.79. The molecule has 5 nitrogen and oxygen atoms in total. The number of hydrogen-bond donors (Lipinski definition) is 0. The smallest absolute Gasteiger partial charge is 0.225 e. The van der Waals surface area contributed by atoms with E-state index in [4.69, 9.17) is 4.98 Å². The predicted molar refractivity (Wildman–Crippen MR) is 126 cm³/mol. The SMILES string of the molecule is CN(C)c1ncc(-c2ccccc2)c([C@H]2CCCN2Cc2ccc3ncccc3c2)n1. The van der Waals surface area contributed by atoms with E-state index in [0.29, 0.717) is 0 Å². The van der Waals surface area contributed by atoms with Gasteiger partial charge in [0.1, 0.15) is 0 Å². The predicted octanol–water partition coefficient (Wildman–Crippen LogP) is 5.09. The Morgan fingerprint density at radius 2 is 1.87 bits per heavy atom. The highest BCUT2D eigenvalue weighted by Crippen LogP contribution is 2.38. The Kier molecular flexibility index (Phi) is 5.35. The monoisotopic (exact) mass is 409 g/mol. The Balaban J connectivity index is 1.51. The Morgan fingerprint density at radius 1 is 1.00 bits per heavy atom. The first-order valence-corrected chi connectivity index (χ1v) is 10.9. The number of rotatable bonds is 5. The Bertz CT molecular complexity index is 1190. The van der Waals surface area contributed by atoms with Crippen LogP contribution < -0.4 is 4.90 Å². The summed E-state index contributed by atoms with van der Waals surface area (Å²) in [5, 5.41) is 1.19. The molecule has 1 aliphatic heterocycles. The highest BCUT2D eigenvalue weighted by atomic mass is 15.2. The second-order valence-electron chi connectivity index (χ2n) is 8.39. The molecular weight excluding hydrogens is 382 g/mol. The molecule has 0 unspecified atom stereocenters. The van der Waals surface area contributed by atoms with Gasteiger partial charge in [-0.05, 0) is 48.7 Å². The van der Waals surface area contributed by atoms with Gasteiger partial charge in [-0.3, -0.25) is 9.88 Å². The number of pyridine rings is 1. The molecule has 2 aromatic heterocycles. The van der Waals surface area contributed by atoms with Crippen molar-refractivity contribution in [3.05, 3.63) is 84.3 Å². The van der Waals surface area contributed by atoms with E-state index in [2.05, 4.69) is 69.5 Å². The van der Waals surface area contributed by atoms with Crippen molar-refractivity contribution in [1.82, 2.24) is 19.9 Å². The van der Waals surface area contributed by atoms with Crippen LogP contribution in [0, 0.1) is 0 Å². The fourth-order valence-electron chi connectivity index (χ4n) is 4.48. The molecule has 2 aromatic carbocycles. The Labute approximate surface area is 183 Å². The van der Waals surface area contributed by atoms with Gasteiger partial charge in [-0.25, -0.2) is 9.97 Å². The number of nitrogens with zero attached hydrogens (tertiary/aromatic N) is 5. The quantitative estimate of drug-likeness (QED) is 0.459. The topological polar surface area (TPSA) is 45.2 Å². The summed E-state index contributed by atoms with van der Waals surface area (Å²) in [4.78, 5) is 18.6. The van der Waals surface area contributed by atoms with Crippen LogP contribution in [0.25, 0.3) is 22.0 Å². The summed E-state index contributed by atoms with van der Waals surface area (Å²) in [6.45, 7) is 1.98. The number of likely N-dealkylation sites (tertiary alicyclic amines) is 1. The molecule has 156 valence electrons. The van der Waals surface area contributed by atoms with E-state index >= 15 is 0 Å². The van der Waals surface area contributed by atoms with Gasteiger partial charge in [-0.1, -0.05) is 42.5 Å². The first kappa shape index (κ1) is 19.6. The third kappa shape index (κ3) is 4.01. The van der Waals surface area contributed by atoms with Gasteiger partial charge < -0.3 is 4.90 Å². The third-order valence-corrected chi connectivity index (χ3v) is 6.02. The minimum atomic E-state index is 0.279. The van der Waals surface area contributed by atoms with Crippen molar-refractivity contribution < 1.29 is 0 Å². The maximum atomic E-state index is 5.04. The molecule has 0 aliphatic carbocycles. The van der Waals surface area contributed by atoms with Crippen LogP contribution in [0.1, 0.15) is 30.1 Å². The van der Waals surface area contributed by atoms with E-state index in [9.17, 15) is 0 Å². The van der Waals surface area contributed by atoms with Crippen LogP contribution >= 0.6 is 0 Å². The highest BCUT2D eigenvalue weighted by Gasteiger charge is 2.30. The number of hydrogen-bond acceptors (Lipinski definition) is 5. The summed E-state index contributed by atoms with van der Waals surface area (Å²) in [6.07, 6.45) is 6.13. The molecule has 0 amide bonds. The van der Waals surface area contributed by atoms with Crippen molar-refractivity contribution in [2.75, 3.05) is 25.5 Å². The van der Waals surface area contributed by atoms with Gasteiger partial charge >= 0.3 is 0 Å². The van der Waals surface area contributed by atoms with Crippen LogP contribution in [0.2, 0.25) is 0 Å². The Morgan fingerprint density at radius 3 is 2.71 bits per heavy atom. The lowest BCUT2D eigenvalue weighted by Crippen LogP contribution is -2.25. The minimum Gasteiger partial charge on any atom is -0.347 e. The summed E-state index contributed by atoms with van der Waals surface area (Å²) >= 11 is 0. The summed E-state index contributed by atoms with van der Waals surface area (Å²) in [7, 11) is 3.99. The Hall–Kier alpha value is -3.31. The van der Waals surface area contributed by atoms with Crippen LogP contribution in [0.4, 0.5) is 5.95 Å². The van der Waals surface area contributed by atoms with Crippen molar-refractivity contribution in [2.24, 2.45) is 0 Å². The maximum absolute atomic E-state index is 5.04. The average molecular weight is 410 g/mol. The molecule has 1 atom stereocenters. The molecule has 1 saturated heterocycles. The molecule has 0 saturated carbocycles. The van der Waals surface area contributed by atoms with Crippen molar-refractivity contribution in [1.29, 1.82) is 0 Å². The van der Waals surface area contributed by atoms with Crippen LogP contribution in [0.3, 0.4) is 0 Å². The van der Waals surface area contributed by atoms with Crippen molar-refractivity contribution in [3.63, 3.8) is 0 Å². The molecule has 4 aromatic rings. The largest absolute Gasteiger partial charge is 0.347 e. The second kappa shape index (κ2) is 8.44. The summed E-state index contributed by atoms with van der Waals surface area (Å²) < 4.78 is 0. The molecule has 0 spiro atoms. The molecule has 31 heavy (non-hydrogen) atoms. The molecule has 5 heteroatoms. The fraction of sp³-hybridized carbons (Fsp3) is 0.269. The zero-order valence-corrected chi connectivity index (χ0v) is 18.1. The number of aromatic nitrogens is 3. The van der Waals surface area contributed by atoms with Gasteiger partial charge in [-0.2, -0.15) is 0 Å². The van der Waals surface area contributed by atoms with E-state index in [1.807, 2.05) is 37.5 Å². The van der Waals surface area contributed by atoms with E-state index in [1.54, 1.807) is 0 Å². The normalized spacial score (nSPS) is 16.6. The molecule has 0 N–H and O–H groups in total. The van der Waals surface area contributed by atoms with E-state index < -0.39 is 0 Å². The van der Waals surface area contributed by atoms with Crippen LogP contribution in [-0.4, -0.2) is 40.5 Å². The van der Waals surface area contributed by atoms with Gasteiger partial charge in [0.2, 0.25) is 5.95 Å². The van der Waals surface area contributed by atoms with E-state index in [1.165, 1.54) is 22.9 Å². The maximum Gasteiger partial charge on any atom is 0.225 e.